The Kier molecular flexibility index (Phi) is 5.39. The molecule has 0 amide bonds. The van der Waals surface area contributed by atoms with Crippen LogP contribution in [-0.4, -0.2) is 26.2 Å². The molecular weight excluding hydrogens is 256 g/mol. The second-order valence-electron chi connectivity index (χ2n) is 3.41. The van der Waals surface area contributed by atoms with Gasteiger partial charge in [-0.2, -0.15) is 0 Å². The first-order valence-electron chi connectivity index (χ1n) is 5.19. The molecule has 0 aliphatic heterocycles. The lowest BCUT2D eigenvalue weighted by atomic mass is 10.1. The van der Waals surface area contributed by atoms with Gasteiger partial charge in [0.05, 0.1) is 31.2 Å². The Morgan fingerprint density at radius 3 is 2.56 bits per heavy atom. The molecule has 1 aromatic carbocycles. The highest BCUT2D eigenvalue weighted by Crippen LogP contribution is 2.19. The van der Waals surface area contributed by atoms with Crippen LogP contribution in [0.4, 0.5) is 0 Å². The molecule has 0 heterocycles. The van der Waals surface area contributed by atoms with Crippen molar-refractivity contribution in [2.45, 2.75) is 6.42 Å². The van der Waals surface area contributed by atoms with E-state index in [0.29, 0.717) is 10.6 Å². The Bertz CT molecular complexity index is 480. The highest BCUT2D eigenvalue weighted by molar-refractivity contribution is 6.33. The maximum absolute atomic E-state index is 11.3. The fourth-order valence-corrected chi connectivity index (χ4v) is 1.55. The standard InChI is InChI=1S/C13H13ClO4/c1-17-12(15)5-3-4-9-6-7-10(11(14)8-9)13(16)18-2/h3-4,6-8H,5H2,1-2H3. The van der Waals surface area contributed by atoms with Crippen LogP contribution in [0.15, 0.2) is 24.3 Å². The van der Waals surface area contributed by atoms with Crippen molar-refractivity contribution in [1.29, 1.82) is 0 Å². The Morgan fingerprint density at radius 2 is 2.00 bits per heavy atom. The van der Waals surface area contributed by atoms with Crippen molar-refractivity contribution in [2.24, 2.45) is 0 Å². The molecule has 96 valence electrons. The third-order valence-corrected chi connectivity index (χ3v) is 2.53. The van der Waals surface area contributed by atoms with Crippen LogP contribution in [0.1, 0.15) is 22.3 Å². The fraction of sp³-hybridized carbons (Fsp3) is 0.231. The molecule has 1 rings (SSSR count). The van der Waals surface area contributed by atoms with Crippen molar-refractivity contribution in [1.82, 2.24) is 0 Å². The van der Waals surface area contributed by atoms with E-state index in [-0.39, 0.29) is 12.4 Å². The summed E-state index contributed by atoms with van der Waals surface area (Å²) in [4.78, 5) is 22.2. The predicted molar refractivity (Wildman–Crippen MR) is 68.5 cm³/mol. The molecule has 0 atom stereocenters. The molecule has 0 saturated heterocycles. The molecule has 0 spiro atoms. The van der Waals surface area contributed by atoms with E-state index in [1.807, 2.05) is 0 Å². The van der Waals surface area contributed by atoms with E-state index < -0.39 is 5.97 Å². The average Bonchev–Trinajstić information content (AvgIpc) is 2.37. The molecule has 4 nitrogen and oxygen atoms in total. The van der Waals surface area contributed by atoms with Gasteiger partial charge in [-0.15, -0.1) is 0 Å². The Labute approximate surface area is 110 Å². The van der Waals surface area contributed by atoms with E-state index in [1.54, 1.807) is 30.4 Å². The number of halogens is 1. The maximum atomic E-state index is 11.3. The van der Waals surface area contributed by atoms with Crippen molar-refractivity contribution in [3.05, 3.63) is 40.4 Å². The van der Waals surface area contributed by atoms with Crippen LogP contribution in [0.2, 0.25) is 5.02 Å². The Hall–Kier alpha value is -1.81. The highest BCUT2D eigenvalue weighted by Gasteiger charge is 2.09. The number of carbonyl (C=O) groups excluding carboxylic acids is 2. The second-order valence-corrected chi connectivity index (χ2v) is 3.82. The normalized spacial score (nSPS) is 10.4. The van der Waals surface area contributed by atoms with Crippen LogP contribution < -0.4 is 0 Å². The third kappa shape index (κ3) is 3.89. The predicted octanol–water partition coefficient (Wildman–Crippen LogP) is 2.70. The van der Waals surface area contributed by atoms with Gasteiger partial charge < -0.3 is 9.47 Å². The summed E-state index contributed by atoms with van der Waals surface area (Å²) >= 11 is 5.95. The van der Waals surface area contributed by atoms with Crippen LogP contribution in [-0.2, 0) is 14.3 Å². The number of hydrogen-bond donors (Lipinski definition) is 0. The minimum absolute atomic E-state index is 0.187. The molecule has 0 unspecified atom stereocenters. The summed E-state index contributed by atoms with van der Waals surface area (Å²) in [7, 11) is 2.63. The van der Waals surface area contributed by atoms with Gasteiger partial charge in [0.1, 0.15) is 0 Å². The van der Waals surface area contributed by atoms with Gasteiger partial charge in [-0.1, -0.05) is 29.8 Å². The maximum Gasteiger partial charge on any atom is 0.339 e. The quantitative estimate of drug-likeness (QED) is 0.788. The smallest absolute Gasteiger partial charge is 0.339 e. The number of benzene rings is 1. The van der Waals surface area contributed by atoms with Gasteiger partial charge in [-0.3, -0.25) is 4.79 Å². The van der Waals surface area contributed by atoms with E-state index in [1.165, 1.54) is 14.2 Å². The first kappa shape index (κ1) is 14.3. The molecule has 0 aliphatic rings. The number of carbonyl (C=O) groups is 2. The summed E-state index contributed by atoms with van der Waals surface area (Å²) in [5.74, 6) is -0.798. The largest absolute Gasteiger partial charge is 0.469 e. The lowest BCUT2D eigenvalue weighted by Gasteiger charge is -2.02. The molecule has 0 saturated carbocycles. The lowest BCUT2D eigenvalue weighted by Crippen LogP contribution is -2.01. The monoisotopic (exact) mass is 268 g/mol. The molecule has 18 heavy (non-hydrogen) atoms. The van der Waals surface area contributed by atoms with E-state index >= 15 is 0 Å². The van der Waals surface area contributed by atoms with Crippen molar-refractivity contribution in [2.75, 3.05) is 14.2 Å². The topological polar surface area (TPSA) is 52.6 Å². The third-order valence-electron chi connectivity index (χ3n) is 2.22. The fourth-order valence-electron chi connectivity index (χ4n) is 1.29. The zero-order valence-electron chi connectivity index (χ0n) is 10.1. The van der Waals surface area contributed by atoms with E-state index in [2.05, 4.69) is 9.47 Å². The van der Waals surface area contributed by atoms with Crippen molar-refractivity contribution in [3.8, 4) is 0 Å². The molecule has 0 radical (unpaired) electrons. The van der Waals surface area contributed by atoms with Crippen LogP contribution >= 0.6 is 11.6 Å². The SMILES string of the molecule is COC(=O)CC=Cc1ccc(C(=O)OC)c(Cl)c1. The van der Waals surface area contributed by atoms with Crippen LogP contribution in [0.25, 0.3) is 6.08 Å². The van der Waals surface area contributed by atoms with E-state index in [9.17, 15) is 9.59 Å². The average molecular weight is 269 g/mol. The number of hydrogen-bond acceptors (Lipinski definition) is 4. The minimum atomic E-state index is -0.481. The Balaban J connectivity index is 2.78. The van der Waals surface area contributed by atoms with Crippen LogP contribution in [0.3, 0.4) is 0 Å². The highest BCUT2D eigenvalue weighted by atomic mass is 35.5. The van der Waals surface area contributed by atoms with Gasteiger partial charge in [-0.05, 0) is 17.7 Å². The summed E-state index contributed by atoms with van der Waals surface area (Å²) in [6.45, 7) is 0. The molecule has 0 aliphatic carbocycles. The van der Waals surface area contributed by atoms with Gasteiger partial charge in [-0.25, -0.2) is 4.79 Å². The van der Waals surface area contributed by atoms with Crippen molar-refractivity contribution < 1.29 is 19.1 Å². The molecule has 5 heteroatoms. The number of esters is 2. The van der Waals surface area contributed by atoms with Crippen molar-refractivity contribution in [3.63, 3.8) is 0 Å². The second kappa shape index (κ2) is 6.81. The van der Waals surface area contributed by atoms with Crippen LogP contribution in [0.5, 0.6) is 0 Å². The van der Waals surface area contributed by atoms with Crippen molar-refractivity contribution >= 4 is 29.6 Å². The minimum Gasteiger partial charge on any atom is -0.469 e. The van der Waals surface area contributed by atoms with Gasteiger partial charge in [0.25, 0.3) is 0 Å². The molecule has 0 bridgehead atoms. The molecular formula is C13H13ClO4. The number of methoxy groups -OCH3 is 2. The van der Waals surface area contributed by atoms with E-state index in [4.69, 9.17) is 11.6 Å². The summed E-state index contributed by atoms with van der Waals surface area (Å²) in [5, 5.41) is 0.307. The van der Waals surface area contributed by atoms with Gasteiger partial charge in [0.2, 0.25) is 0 Å². The van der Waals surface area contributed by atoms with Gasteiger partial charge in [0, 0.05) is 0 Å². The molecule has 0 fully saturated rings. The number of ether oxygens (including phenoxy) is 2. The van der Waals surface area contributed by atoms with Gasteiger partial charge in [0.15, 0.2) is 0 Å². The van der Waals surface area contributed by atoms with E-state index in [0.717, 1.165) is 5.56 Å². The first-order chi connectivity index (χ1) is 8.58. The molecule has 0 aromatic heterocycles. The first-order valence-corrected chi connectivity index (χ1v) is 5.57. The summed E-state index contributed by atoms with van der Waals surface area (Å²) in [5.41, 5.74) is 1.10. The zero-order chi connectivity index (χ0) is 13.5. The lowest BCUT2D eigenvalue weighted by molar-refractivity contribution is -0.139. The van der Waals surface area contributed by atoms with Crippen LogP contribution in [0, 0.1) is 0 Å². The summed E-state index contributed by atoms with van der Waals surface area (Å²) < 4.78 is 9.08. The van der Waals surface area contributed by atoms with Gasteiger partial charge >= 0.3 is 11.9 Å². The Morgan fingerprint density at radius 1 is 1.28 bits per heavy atom. The molecule has 0 N–H and O–H groups in total. The summed E-state index contributed by atoms with van der Waals surface area (Å²) in [6, 6.07) is 4.92. The number of rotatable bonds is 4. The zero-order valence-corrected chi connectivity index (χ0v) is 10.9. The summed E-state index contributed by atoms with van der Waals surface area (Å²) in [6.07, 6.45) is 3.58. The molecule has 1 aromatic rings.